The first-order valence-corrected chi connectivity index (χ1v) is 6.12. The molecule has 1 aromatic heterocycles. The van der Waals surface area contributed by atoms with Crippen molar-refractivity contribution < 1.29 is 9.66 Å². The van der Waals surface area contributed by atoms with Crippen molar-refractivity contribution in [1.82, 2.24) is 4.98 Å². The van der Waals surface area contributed by atoms with Crippen molar-refractivity contribution in [2.24, 2.45) is 5.73 Å². The molecule has 0 radical (unpaired) electrons. The number of pyridine rings is 1. The van der Waals surface area contributed by atoms with E-state index in [1.165, 1.54) is 18.3 Å². The molecule has 0 aliphatic heterocycles. The highest BCUT2D eigenvalue weighted by Crippen LogP contribution is 2.31. The second kappa shape index (κ2) is 5.58. The molecule has 0 atom stereocenters. The number of rotatable bonds is 4. The molecule has 1 heterocycles. The maximum atomic E-state index is 11.0. The summed E-state index contributed by atoms with van der Waals surface area (Å²) < 4.78 is 5.58. The summed E-state index contributed by atoms with van der Waals surface area (Å²) in [7, 11) is 0. The molecular weight excluding hydrogens is 272 g/mol. The van der Waals surface area contributed by atoms with Crippen LogP contribution in [-0.2, 0) is 0 Å². The van der Waals surface area contributed by atoms with Gasteiger partial charge in [0, 0.05) is 23.4 Å². The number of nitrogen functional groups attached to an aromatic ring is 1. The van der Waals surface area contributed by atoms with Gasteiger partial charge in [0.05, 0.1) is 11.0 Å². The molecule has 7 nitrogen and oxygen atoms in total. The van der Waals surface area contributed by atoms with Crippen LogP contribution in [0.15, 0.2) is 30.5 Å². The van der Waals surface area contributed by atoms with Crippen molar-refractivity contribution in [3.05, 3.63) is 57.3 Å². The monoisotopic (exact) mass is 286 g/mol. The topological polar surface area (TPSA) is 115 Å². The maximum absolute atomic E-state index is 11.0. The first-order valence-electron chi connectivity index (χ1n) is 6.12. The van der Waals surface area contributed by atoms with Crippen LogP contribution >= 0.6 is 0 Å². The van der Waals surface area contributed by atoms with Gasteiger partial charge in [0.1, 0.15) is 11.6 Å². The van der Waals surface area contributed by atoms with E-state index in [1.54, 1.807) is 26.0 Å². The zero-order valence-corrected chi connectivity index (χ0v) is 11.6. The number of aryl methyl sites for hydroxylation is 2. The summed E-state index contributed by atoms with van der Waals surface area (Å²) in [6, 6.07) is 6.14. The minimum atomic E-state index is -0.457. The van der Waals surface area contributed by atoms with Crippen molar-refractivity contribution in [2.45, 2.75) is 13.8 Å². The lowest BCUT2D eigenvalue weighted by Gasteiger charge is -2.09. The average molecular weight is 286 g/mol. The molecular formula is C14H14N4O3. The van der Waals surface area contributed by atoms with Gasteiger partial charge in [-0.3, -0.25) is 15.5 Å². The molecule has 3 N–H and O–H groups in total. The van der Waals surface area contributed by atoms with Crippen LogP contribution in [0.3, 0.4) is 0 Å². The van der Waals surface area contributed by atoms with Crippen LogP contribution in [0.25, 0.3) is 0 Å². The number of nitrogens with two attached hydrogens (primary N) is 1. The van der Waals surface area contributed by atoms with Crippen LogP contribution in [0.4, 0.5) is 5.69 Å². The number of benzene rings is 1. The first kappa shape index (κ1) is 14.4. The summed E-state index contributed by atoms with van der Waals surface area (Å²) in [4.78, 5) is 14.5. The number of ether oxygens (including phenoxy) is 1. The minimum absolute atomic E-state index is 0.0154. The lowest BCUT2D eigenvalue weighted by atomic mass is 10.1. The zero-order valence-electron chi connectivity index (χ0n) is 11.6. The highest BCUT2D eigenvalue weighted by Gasteiger charge is 2.15. The maximum Gasteiger partial charge on any atom is 0.276 e. The first-order chi connectivity index (χ1) is 9.88. The van der Waals surface area contributed by atoms with Gasteiger partial charge in [0.15, 0.2) is 0 Å². The fourth-order valence-electron chi connectivity index (χ4n) is 1.87. The van der Waals surface area contributed by atoms with E-state index in [0.717, 1.165) is 5.56 Å². The van der Waals surface area contributed by atoms with Gasteiger partial charge in [0.2, 0.25) is 5.88 Å². The number of nitrogens with zero attached hydrogens (tertiary/aromatic N) is 2. The third-order valence-corrected chi connectivity index (χ3v) is 2.95. The number of nitrogens with one attached hydrogen (secondary N) is 1. The van der Waals surface area contributed by atoms with E-state index in [0.29, 0.717) is 16.9 Å². The van der Waals surface area contributed by atoms with Gasteiger partial charge >= 0.3 is 0 Å². The van der Waals surface area contributed by atoms with E-state index >= 15 is 0 Å². The van der Waals surface area contributed by atoms with Crippen LogP contribution in [0.2, 0.25) is 0 Å². The van der Waals surface area contributed by atoms with Gasteiger partial charge in [-0.05, 0) is 31.5 Å². The molecule has 108 valence electrons. The predicted molar refractivity (Wildman–Crippen MR) is 77.9 cm³/mol. The Morgan fingerprint density at radius 2 is 2.05 bits per heavy atom. The second-order valence-corrected chi connectivity index (χ2v) is 4.56. The van der Waals surface area contributed by atoms with Crippen molar-refractivity contribution in [3.8, 4) is 11.6 Å². The van der Waals surface area contributed by atoms with E-state index in [1.807, 2.05) is 0 Å². The molecule has 0 saturated heterocycles. The summed E-state index contributed by atoms with van der Waals surface area (Å²) in [6.45, 7) is 3.46. The highest BCUT2D eigenvalue weighted by molar-refractivity contribution is 5.95. The van der Waals surface area contributed by atoms with Gasteiger partial charge in [-0.15, -0.1) is 0 Å². The van der Waals surface area contributed by atoms with Gasteiger partial charge in [-0.25, -0.2) is 4.98 Å². The molecule has 0 fully saturated rings. The molecule has 21 heavy (non-hydrogen) atoms. The van der Waals surface area contributed by atoms with E-state index in [9.17, 15) is 10.1 Å². The third-order valence-electron chi connectivity index (χ3n) is 2.95. The highest BCUT2D eigenvalue weighted by atomic mass is 16.6. The van der Waals surface area contributed by atoms with Crippen LogP contribution < -0.4 is 10.5 Å². The van der Waals surface area contributed by atoms with Crippen LogP contribution in [0.1, 0.15) is 16.7 Å². The number of nitro groups is 1. The zero-order chi connectivity index (χ0) is 15.6. The Morgan fingerprint density at radius 3 is 2.67 bits per heavy atom. The quantitative estimate of drug-likeness (QED) is 0.388. The van der Waals surface area contributed by atoms with Crippen molar-refractivity contribution in [1.29, 1.82) is 5.41 Å². The molecule has 0 bridgehead atoms. The van der Waals surface area contributed by atoms with E-state index in [-0.39, 0.29) is 17.4 Å². The Kier molecular flexibility index (Phi) is 3.84. The molecule has 0 aliphatic rings. The Morgan fingerprint density at radius 1 is 1.33 bits per heavy atom. The molecule has 7 heteroatoms. The molecule has 2 rings (SSSR count). The number of aromatic nitrogens is 1. The molecule has 0 aliphatic carbocycles. The van der Waals surface area contributed by atoms with E-state index in [4.69, 9.17) is 15.9 Å². The molecule has 2 aromatic rings. The summed E-state index contributed by atoms with van der Waals surface area (Å²) in [5.74, 6) is 0.471. The van der Waals surface area contributed by atoms with E-state index < -0.39 is 4.92 Å². The Balaban J connectivity index is 2.39. The summed E-state index contributed by atoms with van der Waals surface area (Å²) in [5, 5.41) is 18.3. The number of hydrogen-bond acceptors (Lipinski definition) is 5. The van der Waals surface area contributed by atoms with Gasteiger partial charge in [-0.2, -0.15) is 0 Å². The van der Waals surface area contributed by atoms with Crippen molar-refractivity contribution in [2.75, 3.05) is 0 Å². The van der Waals surface area contributed by atoms with E-state index in [2.05, 4.69) is 4.98 Å². The Labute approximate surface area is 121 Å². The molecule has 0 saturated carbocycles. The lowest BCUT2D eigenvalue weighted by molar-refractivity contribution is -0.385. The van der Waals surface area contributed by atoms with Crippen LogP contribution in [0.5, 0.6) is 11.6 Å². The van der Waals surface area contributed by atoms with Crippen LogP contribution in [-0.4, -0.2) is 15.7 Å². The summed E-state index contributed by atoms with van der Waals surface area (Å²) in [6.07, 6.45) is 1.46. The third kappa shape index (κ3) is 3.14. The van der Waals surface area contributed by atoms with Gasteiger partial charge in [0.25, 0.3) is 5.69 Å². The standard InChI is InChI=1S/C14H14N4O3/c1-8-5-9(2)12(7-11(8)18(19)20)21-13-6-10(14(15)16)3-4-17-13/h3-7H,1-2H3,(H3,15,16). The summed E-state index contributed by atoms with van der Waals surface area (Å²) >= 11 is 0. The normalized spacial score (nSPS) is 10.2. The Bertz CT molecular complexity index is 728. The number of hydrogen-bond donors (Lipinski definition) is 2. The van der Waals surface area contributed by atoms with Gasteiger partial charge < -0.3 is 10.5 Å². The Hall–Kier alpha value is -2.96. The lowest BCUT2D eigenvalue weighted by Crippen LogP contribution is -2.11. The minimum Gasteiger partial charge on any atom is -0.438 e. The largest absolute Gasteiger partial charge is 0.438 e. The van der Waals surface area contributed by atoms with Crippen molar-refractivity contribution in [3.63, 3.8) is 0 Å². The fraction of sp³-hybridized carbons (Fsp3) is 0.143. The number of amidine groups is 1. The molecule has 0 unspecified atom stereocenters. The number of nitro benzene ring substituents is 1. The SMILES string of the molecule is Cc1cc(C)c([N+](=O)[O-])cc1Oc1cc(C(=N)N)ccn1. The second-order valence-electron chi connectivity index (χ2n) is 4.56. The average Bonchev–Trinajstić information content (AvgIpc) is 2.41. The van der Waals surface area contributed by atoms with Crippen molar-refractivity contribution >= 4 is 11.5 Å². The molecule has 0 spiro atoms. The predicted octanol–water partition coefficient (Wildman–Crippen LogP) is 2.68. The molecule has 0 amide bonds. The van der Waals surface area contributed by atoms with Gasteiger partial charge in [-0.1, -0.05) is 0 Å². The summed E-state index contributed by atoms with van der Waals surface area (Å²) in [5.41, 5.74) is 7.18. The smallest absolute Gasteiger partial charge is 0.276 e. The fourth-order valence-corrected chi connectivity index (χ4v) is 1.87. The van der Waals surface area contributed by atoms with Crippen LogP contribution in [0, 0.1) is 29.4 Å². The molecule has 1 aromatic carbocycles.